The van der Waals surface area contributed by atoms with Gasteiger partial charge in [0.25, 0.3) is 0 Å². The van der Waals surface area contributed by atoms with Crippen molar-refractivity contribution in [1.82, 2.24) is 20.3 Å². The van der Waals surface area contributed by atoms with Gasteiger partial charge in [0, 0.05) is 56.0 Å². The van der Waals surface area contributed by atoms with E-state index in [1.807, 2.05) is 25.3 Å². The van der Waals surface area contributed by atoms with Gasteiger partial charge in [-0.05, 0) is 50.8 Å². The van der Waals surface area contributed by atoms with Crippen LogP contribution in [-0.2, 0) is 4.74 Å². The van der Waals surface area contributed by atoms with Gasteiger partial charge in [-0.3, -0.25) is 4.98 Å². The Balaban J connectivity index is 1.37. The maximum Gasteiger partial charge on any atom is 0.163 e. The molecular weight excluding hydrogens is 326 g/mol. The minimum absolute atomic E-state index is 0.416. The van der Waals surface area contributed by atoms with Crippen LogP contribution < -0.4 is 10.2 Å². The molecule has 2 saturated heterocycles. The van der Waals surface area contributed by atoms with E-state index in [2.05, 4.69) is 26.3 Å². The number of nitrogens with zero attached hydrogens (tertiary/aromatic N) is 4. The van der Waals surface area contributed by atoms with Crippen molar-refractivity contribution in [2.24, 2.45) is 5.92 Å². The van der Waals surface area contributed by atoms with E-state index < -0.39 is 0 Å². The van der Waals surface area contributed by atoms with E-state index in [0.717, 1.165) is 74.9 Å². The summed E-state index contributed by atoms with van der Waals surface area (Å²) in [6, 6.07) is 6.01. The van der Waals surface area contributed by atoms with Gasteiger partial charge in [-0.15, -0.1) is 0 Å². The van der Waals surface area contributed by atoms with Gasteiger partial charge in [-0.25, -0.2) is 9.97 Å². The third-order valence-electron chi connectivity index (χ3n) is 5.28. The fourth-order valence-corrected chi connectivity index (χ4v) is 3.71. The average Bonchev–Trinajstić information content (AvgIpc) is 3.21. The van der Waals surface area contributed by atoms with Crippen LogP contribution in [0.2, 0.25) is 0 Å². The summed E-state index contributed by atoms with van der Waals surface area (Å²) in [6.45, 7) is 7.08. The zero-order valence-electron chi connectivity index (χ0n) is 15.4. The van der Waals surface area contributed by atoms with Gasteiger partial charge in [0.15, 0.2) is 5.82 Å². The molecule has 2 fully saturated rings. The van der Waals surface area contributed by atoms with Crippen molar-refractivity contribution in [1.29, 1.82) is 0 Å². The lowest BCUT2D eigenvalue weighted by atomic mass is 9.97. The van der Waals surface area contributed by atoms with Crippen molar-refractivity contribution in [3.63, 3.8) is 0 Å². The summed E-state index contributed by atoms with van der Waals surface area (Å²) in [5, 5.41) is 3.36. The molecule has 0 spiro atoms. The number of aromatic nitrogens is 3. The van der Waals surface area contributed by atoms with Crippen LogP contribution in [0.1, 0.15) is 25.0 Å². The minimum Gasteiger partial charge on any atom is -0.377 e. The Morgan fingerprint density at radius 1 is 1.23 bits per heavy atom. The molecule has 4 rings (SSSR count). The van der Waals surface area contributed by atoms with Crippen molar-refractivity contribution in [3.8, 4) is 11.4 Å². The van der Waals surface area contributed by atoms with Crippen LogP contribution in [0.3, 0.4) is 0 Å². The molecule has 0 radical (unpaired) electrons. The molecule has 6 nitrogen and oxygen atoms in total. The van der Waals surface area contributed by atoms with Gasteiger partial charge < -0.3 is 15.0 Å². The summed E-state index contributed by atoms with van der Waals surface area (Å²) < 4.78 is 6.07. The Bertz CT molecular complexity index is 709. The summed E-state index contributed by atoms with van der Waals surface area (Å²) in [7, 11) is 0. The van der Waals surface area contributed by atoms with Crippen molar-refractivity contribution < 1.29 is 4.74 Å². The molecular formula is C20H27N5O. The Morgan fingerprint density at radius 3 is 2.85 bits per heavy atom. The lowest BCUT2D eigenvalue weighted by molar-refractivity contribution is 0.0353. The average molecular weight is 353 g/mol. The Hall–Kier alpha value is -2.05. The molecule has 4 heterocycles. The van der Waals surface area contributed by atoms with Crippen molar-refractivity contribution >= 4 is 5.82 Å². The number of ether oxygens (including phenoxy) is 1. The van der Waals surface area contributed by atoms with E-state index in [4.69, 9.17) is 9.72 Å². The standard InChI is InChI=1S/C20H27N5O/c1-15-11-19(24-20(23-15)17-3-2-7-21-12-17)25-9-5-16(6-10-25)14-26-18-4-8-22-13-18/h2-3,7,11-12,16,18,22H,4-6,8-10,13-14H2,1H3. The van der Waals surface area contributed by atoms with E-state index in [0.29, 0.717) is 12.0 Å². The van der Waals surface area contributed by atoms with Gasteiger partial charge in [0.1, 0.15) is 5.82 Å². The maximum absolute atomic E-state index is 6.07. The van der Waals surface area contributed by atoms with Gasteiger partial charge in [0.05, 0.1) is 6.10 Å². The van der Waals surface area contributed by atoms with Crippen LogP contribution in [0.25, 0.3) is 11.4 Å². The van der Waals surface area contributed by atoms with Crippen molar-refractivity contribution in [3.05, 3.63) is 36.3 Å². The van der Waals surface area contributed by atoms with Crippen LogP contribution in [0.5, 0.6) is 0 Å². The number of pyridine rings is 1. The molecule has 0 aromatic carbocycles. The van der Waals surface area contributed by atoms with Crippen LogP contribution in [0.4, 0.5) is 5.82 Å². The second-order valence-corrected chi connectivity index (χ2v) is 7.31. The zero-order valence-corrected chi connectivity index (χ0v) is 15.4. The summed E-state index contributed by atoms with van der Waals surface area (Å²) in [5.41, 5.74) is 1.96. The minimum atomic E-state index is 0.416. The molecule has 0 aliphatic carbocycles. The number of anilines is 1. The fourth-order valence-electron chi connectivity index (χ4n) is 3.71. The Kier molecular flexibility index (Phi) is 5.41. The van der Waals surface area contributed by atoms with E-state index in [9.17, 15) is 0 Å². The molecule has 2 aromatic rings. The Labute approximate surface area is 155 Å². The highest BCUT2D eigenvalue weighted by Gasteiger charge is 2.23. The molecule has 138 valence electrons. The molecule has 2 aliphatic heterocycles. The van der Waals surface area contributed by atoms with Crippen LogP contribution >= 0.6 is 0 Å². The zero-order chi connectivity index (χ0) is 17.8. The van der Waals surface area contributed by atoms with Crippen LogP contribution in [0.15, 0.2) is 30.6 Å². The molecule has 2 aromatic heterocycles. The van der Waals surface area contributed by atoms with Gasteiger partial charge in [-0.2, -0.15) is 0 Å². The number of rotatable bonds is 5. The molecule has 0 amide bonds. The third-order valence-corrected chi connectivity index (χ3v) is 5.28. The molecule has 26 heavy (non-hydrogen) atoms. The first-order valence-corrected chi connectivity index (χ1v) is 9.61. The predicted octanol–water partition coefficient (Wildman–Crippen LogP) is 2.44. The molecule has 2 aliphatic rings. The van der Waals surface area contributed by atoms with Gasteiger partial charge in [0.2, 0.25) is 0 Å². The first kappa shape index (κ1) is 17.4. The number of nitrogens with one attached hydrogen (secondary N) is 1. The fraction of sp³-hybridized carbons (Fsp3) is 0.550. The van der Waals surface area contributed by atoms with E-state index in [1.54, 1.807) is 6.20 Å². The highest BCUT2D eigenvalue weighted by Crippen LogP contribution is 2.25. The molecule has 0 saturated carbocycles. The number of aryl methyl sites for hydroxylation is 1. The van der Waals surface area contributed by atoms with E-state index in [1.165, 1.54) is 0 Å². The third kappa shape index (κ3) is 4.19. The van der Waals surface area contributed by atoms with Gasteiger partial charge in [-0.1, -0.05) is 0 Å². The first-order valence-electron chi connectivity index (χ1n) is 9.61. The topological polar surface area (TPSA) is 63.2 Å². The highest BCUT2D eigenvalue weighted by molar-refractivity contribution is 5.56. The molecule has 0 bridgehead atoms. The number of piperidine rings is 1. The highest BCUT2D eigenvalue weighted by atomic mass is 16.5. The van der Waals surface area contributed by atoms with E-state index in [-0.39, 0.29) is 0 Å². The van der Waals surface area contributed by atoms with E-state index >= 15 is 0 Å². The summed E-state index contributed by atoms with van der Waals surface area (Å²) in [6.07, 6.45) is 7.47. The lowest BCUT2D eigenvalue weighted by Gasteiger charge is -2.33. The largest absolute Gasteiger partial charge is 0.377 e. The van der Waals surface area contributed by atoms with Crippen molar-refractivity contribution in [2.45, 2.75) is 32.3 Å². The first-order chi connectivity index (χ1) is 12.8. The monoisotopic (exact) mass is 353 g/mol. The molecule has 1 N–H and O–H groups in total. The quantitative estimate of drug-likeness (QED) is 0.891. The van der Waals surface area contributed by atoms with Crippen LogP contribution in [0, 0.1) is 12.8 Å². The second kappa shape index (κ2) is 8.10. The van der Waals surface area contributed by atoms with Gasteiger partial charge >= 0.3 is 0 Å². The van der Waals surface area contributed by atoms with Crippen LogP contribution in [-0.4, -0.2) is 53.8 Å². The SMILES string of the molecule is Cc1cc(N2CCC(COC3CCNC3)CC2)nc(-c2cccnc2)n1. The second-order valence-electron chi connectivity index (χ2n) is 7.31. The number of hydrogen-bond donors (Lipinski definition) is 1. The summed E-state index contributed by atoms with van der Waals surface area (Å²) in [5.74, 6) is 2.44. The number of hydrogen-bond acceptors (Lipinski definition) is 6. The maximum atomic E-state index is 6.07. The molecule has 1 unspecified atom stereocenters. The lowest BCUT2D eigenvalue weighted by Crippen LogP contribution is -2.36. The van der Waals surface area contributed by atoms with Crippen molar-refractivity contribution in [2.75, 3.05) is 37.7 Å². The predicted molar refractivity (Wildman–Crippen MR) is 102 cm³/mol. The Morgan fingerprint density at radius 2 is 2.12 bits per heavy atom. The smallest absolute Gasteiger partial charge is 0.163 e. The summed E-state index contributed by atoms with van der Waals surface area (Å²) >= 11 is 0. The summed E-state index contributed by atoms with van der Waals surface area (Å²) in [4.78, 5) is 15.9. The normalized spacial score (nSPS) is 21.3. The molecule has 6 heteroatoms. The molecule has 1 atom stereocenters.